The number of benzene rings is 1. The second-order valence-electron chi connectivity index (χ2n) is 3.04. The molecule has 1 aliphatic rings. The molecule has 0 unspecified atom stereocenters. The summed E-state index contributed by atoms with van der Waals surface area (Å²) >= 11 is 0. The first-order valence-corrected chi connectivity index (χ1v) is 4.33. The van der Waals surface area contributed by atoms with Gasteiger partial charge in [-0.1, -0.05) is 0 Å². The molecule has 1 aromatic rings. The maximum absolute atomic E-state index is 13.1. The monoisotopic (exact) mass is 212 g/mol. The van der Waals surface area contributed by atoms with Gasteiger partial charge >= 0.3 is 5.97 Å². The molecule has 1 aromatic carbocycles. The Morgan fingerprint density at radius 1 is 1.53 bits per heavy atom. The van der Waals surface area contributed by atoms with Crippen molar-refractivity contribution in [2.75, 3.05) is 13.9 Å². The molecular weight excluding hydrogens is 203 g/mol. The van der Waals surface area contributed by atoms with Crippen molar-refractivity contribution in [3.05, 3.63) is 29.1 Å². The maximum Gasteiger partial charge on any atom is 0.341 e. The minimum atomic E-state index is -0.618. The fourth-order valence-electron chi connectivity index (χ4n) is 1.44. The molecule has 15 heavy (non-hydrogen) atoms. The summed E-state index contributed by atoms with van der Waals surface area (Å²) in [5, 5.41) is 0. The number of esters is 1. The Balaban J connectivity index is 2.52. The lowest BCUT2D eigenvalue weighted by Crippen LogP contribution is -2.16. The molecule has 0 N–H and O–H groups in total. The van der Waals surface area contributed by atoms with Gasteiger partial charge in [0, 0.05) is 5.56 Å². The van der Waals surface area contributed by atoms with Crippen LogP contribution in [0.15, 0.2) is 12.1 Å². The Labute approximate surface area is 85.6 Å². The molecule has 1 heterocycles. The summed E-state index contributed by atoms with van der Waals surface area (Å²) < 4.78 is 27.8. The number of ether oxygens (including phenoxy) is 3. The van der Waals surface area contributed by atoms with Crippen LogP contribution in [0.4, 0.5) is 4.39 Å². The van der Waals surface area contributed by atoms with Crippen LogP contribution in [0, 0.1) is 5.82 Å². The van der Waals surface area contributed by atoms with Crippen molar-refractivity contribution in [3.8, 4) is 5.75 Å². The molecule has 0 saturated heterocycles. The predicted molar refractivity (Wildman–Crippen MR) is 48.0 cm³/mol. The zero-order chi connectivity index (χ0) is 10.8. The molecule has 5 heteroatoms. The first kappa shape index (κ1) is 9.92. The first-order chi connectivity index (χ1) is 7.22. The summed E-state index contributed by atoms with van der Waals surface area (Å²) in [6.45, 7) is 0.291. The van der Waals surface area contributed by atoms with E-state index in [2.05, 4.69) is 4.74 Å². The summed E-state index contributed by atoms with van der Waals surface area (Å²) in [6.07, 6.45) is 0. The van der Waals surface area contributed by atoms with Crippen molar-refractivity contribution >= 4 is 5.97 Å². The number of hydrogen-bond acceptors (Lipinski definition) is 4. The van der Waals surface area contributed by atoms with Gasteiger partial charge in [-0.25, -0.2) is 9.18 Å². The standard InChI is InChI=1S/C10H9FO4/c1-13-10(12)8-3-7(11)2-6-4-14-5-15-9(6)8/h2-3H,4-5H2,1H3. The van der Waals surface area contributed by atoms with E-state index in [4.69, 9.17) is 9.47 Å². The average Bonchev–Trinajstić information content (AvgIpc) is 2.26. The van der Waals surface area contributed by atoms with Crippen molar-refractivity contribution in [1.29, 1.82) is 0 Å². The molecule has 80 valence electrons. The van der Waals surface area contributed by atoms with Crippen molar-refractivity contribution < 1.29 is 23.4 Å². The van der Waals surface area contributed by atoms with Crippen molar-refractivity contribution in [2.24, 2.45) is 0 Å². The van der Waals surface area contributed by atoms with Crippen LogP contribution >= 0.6 is 0 Å². The number of rotatable bonds is 1. The molecule has 0 bridgehead atoms. The molecule has 1 aliphatic heterocycles. The van der Waals surface area contributed by atoms with Gasteiger partial charge in [-0.2, -0.15) is 0 Å². The van der Waals surface area contributed by atoms with Gasteiger partial charge in [0.2, 0.25) is 0 Å². The normalized spacial score (nSPS) is 14.0. The highest BCUT2D eigenvalue weighted by molar-refractivity contribution is 5.93. The van der Waals surface area contributed by atoms with Crippen molar-refractivity contribution in [3.63, 3.8) is 0 Å². The first-order valence-electron chi connectivity index (χ1n) is 4.33. The number of carbonyl (C=O) groups is 1. The molecule has 0 amide bonds. The molecule has 0 radical (unpaired) electrons. The third-order valence-electron chi connectivity index (χ3n) is 2.08. The van der Waals surface area contributed by atoms with E-state index in [0.717, 1.165) is 6.07 Å². The third-order valence-corrected chi connectivity index (χ3v) is 2.08. The van der Waals surface area contributed by atoms with E-state index >= 15 is 0 Å². The van der Waals surface area contributed by atoms with Gasteiger partial charge < -0.3 is 14.2 Å². The zero-order valence-electron chi connectivity index (χ0n) is 8.08. The highest BCUT2D eigenvalue weighted by Crippen LogP contribution is 2.29. The van der Waals surface area contributed by atoms with E-state index < -0.39 is 11.8 Å². The van der Waals surface area contributed by atoms with Crippen LogP contribution in [0.3, 0.4) is 0 Å². The number of fused-ring (bicyclic) bond motifs is 1. The van der Waals surface area contributed by atoms with Crippen LogP contribution in [-0.4, -0.2) is 19.9 Å². The van der Waals surface area contributed by atoms with Gasteiger partial charge in [-0.3, -0.25) is 0 Å². The van der Waals surface area contributed by atoms with E-state index in [9.17, 15) is 9.18 Å². The lowest BCUT2D eigenvalue weighted by molar-refractivity contribution is -0.0175. The quantitative estimate of drug-likeness (QED) is 0.661. The highest BCUT2D eigenvalue weighted by atomic mass is 19.1. The molecule has 2 rings (SSSR count). The van der Waals surface area contributed by atoms with E-state index in [0.29, 0.717) is 11.3 Å². The van der Waals surface area contributed by atoms with Gasteiger partial charge in [0.15, 0.2) is 6.79 Å². The van der Waals surface area contributed by atoms with Gasteiger partial charge in [0.25, 0.3) is 0 Å². The molecule has 0 aliphatic carbocycles. The summed E-state index contributed by atoms with van der Waals surface area (Å²) in [4.78, 5) is 11.3. The Kier molecular flexibility index (Phi) is 2.55. The number of hydrogen-bond donors (Lipinski definition) is 0. The van der Waals surface area contributed by atoms with Crippen LogP contribution in [0.25, 0.3) is 0 Å². The molecule has 4 nitrogen and oxygen atoms in total. The lowest BCUT2D eigenvalue weighted by Gasteiger charge is -2.19. The lowest BCUT2D eigenvalue weighted by atomic mass is 10.1. The van der Waals surface area contributed by atoms with Crippen LogP contribution in [0.5, 0.6) is 5.75 Å². The minimum absolute atomic E-state index is 0.0582. The molecule has 0 saturated carbocycles. The zero-order valence-corrected chi connectivity index (χ0v) is 8.08. The van der Waals surface area contributed by atoms with Crippen molar-refractivity contribution in [1.82, 2.24) is 0 Å². The van der Waals surface area contributed by atoms with Crippen LogP contribution in [-0.2, 0) is 16.1 Å². The number of halogens is 1. The van der Waals surface area contributed by atoms with Gasteiger partial charge in [-0.05, 0) is 12.1 Å². The Morgan fingerprint density at radius 2 is 2.33 bits per heavy atom. The Morgan fingerprint density at radius 3 is 3.07 bits per heavy atom. The smallest absolute Gasteiger partial charge is 0.341 e. The fraction of sp³-hybridized carbons (Fsp3) is 0.300. The Hall–Kier alpha value is -1.62. The predicted octanol–water partition coefficient (Wildman–Crippen LogP) is 1.48. The second kappa shape index (κ2) is 3.86. The maximum atomic E-state index is 13.1. The summed E-state index contributed by atoms with van der Waals surface area (Å²) in [5.74, 6) is -0.787. The van der Waals surface area contributed by atoms with Crippen molar-refractivity contribution in [2.45, 2.75) is 6.61 Å². The minimum Gasteiger partial charge on any atom is -0.466 e. The molecule has 0 fully saturated rings. The van der Waals surface area contributed by atoms with Gasteiger partial charge in [0.05, 0.1) is 13.7 Å². The summed E-state index contributed by atoms with van der Waals surface area (Å²) in [7, 11) is 1.24. The van der Waals surface area contributed by atoms with Crippen LogP contribution in [0.1, 0.15) is 15.9 Å². The van der Waals surface area contributed by atoms with E-state index in [1.165, 1.54) is 13.2 Å². The molecule has 0 aromatic heterocycles. The van der Waals surface area contributed by atoms with E-state index in [-0.39, 0.29) is 19.0 Å². The van der Waals surface area contributed by atoms with Crippen LogP contribution in [0.2, 0.25) is 0 Å². The van der Waals surface area contributed by atoms with E-state index in [1.807, 2.05) is 0 Å². The SMILES string of the molecule is COC(=O)c1cc(F)cc2c1OCOC2. The fourth-order valence-corrected chi connectivity index (χ4v) is 1.44. The molecular formula is C10H9FO4. The summed E-state index contributed by atoms with van der Waals surface area (Å²) in [5.41, 5.74) is 0.609. The largest absolute Gasteiger partial charge is 0.466 e. The molecule has 0 atom stereocenters. The average molecular weight is 212 g/mol. The van der Waals surface area contributed by atoms with Gasteiger partial charge in [-0.15, -0.1) is 0 Å². The summed E-state index contributed by atoms with van der Waals surface area (Å²) in [6, 6.07) is 2.37. The number of carbonyl (C=O) groups excluding carboxylic acids is 1. The topological polar surface area (TPSA) is 44.8 Å². The Bertz CT molecular complexity index is 403. The number of methoxy groups -OCH3 is 1. The molecule has 0 spiro atoms. The van der Waals surface area contributed by atoms with Gasteiger partial charge in [0.1, 0.15) is 17.1 Å². The second-order valence-corrected chi connectivity index (χ2v) is 3.04. The van der Waals surface area contributed by atoms with Crippen LogP contribution < -0.4 is 4.74 Å². The highest BCUT2D eigenvalue weighted by Gasteiger charge is 2.21. The van der Waals surface area contributed by atoms with E-state index in [1.54, 1.807) is 0 Å². The third kappa shape index (κ3) is 1.78.